The number of benzene rings is 1. The molecule has 1 aliphatic rings. The monoisotopic (exact) mass is 348 g/mol. The molecule has 0 saturated heterocycles. The van der Waals surface area contributed by atoms with E-state index < -0.39 is 0 Å². The third kappa shape index (κ3) is 3.40. The van der Waals surface area contributed by atoms with Gasteiger partial charge in [0.2, 0.25) is 0 Å². The fourth-order valence-electron chi connectivity index (χ4n) is 3.33. The minimum Gasteiger partial charge on any atom is -0.497 e. The van der Waals surface area contributed by atoms with Crippen molar-refractivity contribution in [3.8, 4) is 22.9 Å². The van der Waals surface area contributed by atoms with Crippen LogP contribution in [0.2, 0.25) is 0 Å². The standard InChI is InChI=1S/C20H20N2O2.C2H4/c1-23-14-8-9-15-18(11-14)22-19(12-20(15)24-2)17-10-7-13-5-3-4-6-16(13)21-17;1-2/h7-12H,3-6H2,1-2H3;1-2H2. The van der Waals surface area contributed by atoms with Crippen molar-refractivity contribution in [2.24, 2.45) is 0 Å². The van der Waals surface area contributed by atoms with E-state index >= 15 is 0 Å². The van der Waals surface area contributed by atoms with Crippen molar-refractivity contribution in [3.63, 3.8) is 0 Å². The Labute approximate surface area is 154 Å². The first kappa shape index (κ1) is 17.9. The average molecular weight is 348 g/mol. The molecule has 4 rings (SSSR count). The van der Waals surface area contributed by atoms with Crippen LogP contribution in [0.5, 0.6) is 11.5 Å². The quantitative estimate of drug-likeness (QED) is 0.625. The number of aryl methyl sites for hydroxylation is 2. The van der Waals surface area contributed by atoms with E-state index in [0.29, 0.717) is 0 Å². The maximum Gasteiger partial charge on any atom is 0.130 e. The van der Waals surface area contributed by atoms with Gasteiger partial charge in [-0.05, 0) is 49.4 Å². The van der Waals surface area contributed by atoms with E-state index in [0.717, 1.165) is 46.6 Å². The second-order valence-corrected chi connectivity index (χ2v) is 6.10. The molecular weight excluding hydrogens is 324 g/mol. The largest absolute Gasteiger partial charge is 0.497 e. The second kappa shape index (κ2) is 8.00. The Hall–Kier alpha value is -2.88. The van der Waals surface area contributed by atoms with Gasteiger partial charge in [-0.1, -0.05) is 6.07 Å². The number of hydrogen-bond acceptors (Lipinski definition) is 4. The van der Waals surface area contributed by atoms with Gasteiger partial charge in [-0.2, -0.15) is 0 Å². The van der Waals surface area contributed by atoms with Crippen molar-refractivity contribution < 1.29 is 9.47 Å². The first-order chi connectivity index (χ1) is 12.8. The summed E-state index contributed by atoms with van der Waals surface area (Å²) in [5.74, 6) is 1.59. The highest BCUT2D eigenvalue weighted by Crippen LogP contribution is 2.32. The van der Waals surface area contributed by atoms with Gasteiger partial charge < -0.3 is 9.47 Å². The highest BCUT2D eigenvalue weighted by Gasteiger charge is 2.14. The molecule has 1 aromatic carbocycles. The lowest BCUT2D eigenvalue weighted by Gasteiger charge is -2.16. The minimum atomic E-state index is 0.785. The van der Waals surface area contributed by atoms with Crippen LogP contribution in [0.25, 0.3) is 22.3 Å². The van der Waals surface area contributed by atoms with E-state index in [1.807, 2.05) is 24.3 Å². The summed E-state index contributed by atoms with van der Waals surface area (Å²) >= 11 is 0. The number of hydrogen-bond donors (Lipinski definition) is 0. The number of pyridine rings is 2. The predicted molar refractivity (Wildman–Crippen MR) is 106 cm³/mol. The number of rotatable bonds is 3. The smallest absolute Gasteiger partial charge is 0.130 e. The molecule has 134 valence electrons. The van der Waals surface area contributed by atoms with Crippen LogP contribution in [0.1, 0.15) is 24.1 Å². The van der Waals surface area contributed by atoms with Crippen LogP contribution >= 0.6 is 0 Å². The van der Waals surface area contributed by atoms with Crippen LogP contribution in [0.15, 0.2) is 49.6 Å². The van der Waals surface area contributed by atoms with E-state index in [2.05, 4.69) is 25.3 Å². The Morgan fingerprint density at radius 3 is 2.42 bits per heavy atom. The Morgan fingerprint density at radius 2 is 1.65 bits per heavy atom. The molecule has 4 nitrogen and oxygen atoms in total. The minimum absolute atomic E-state index is 0.785. The second-order valence-electron chi connectivity index (χ2n) is 6.10. The highest BCUT2D eigenvalue weighted by atomic mass is 16.5. The zero-order valence-corrected chi connectivity index (χ0v) is 15.4. The summed E-state index contributed by atoms with van der Waals surface area (Å²) in [6.45, 7) is 6.00. The molecule has 1 aliphatic carbocycles. The van der Waals surface area contributed by atoms with Crippen molar-refractivity contribution in [1.82, 2.24) is 9.97 Å². The third-order valence-corrected chi connectivity index (χ3v) is 4.64. The number of methoxy groups -OCH3 is 2. The number of nitrogens with zero attached hydrogens (tertiary/aromatic N) is 2. The average Bonchev–Trinajstić information content (AvgIpc) is 2.73. The molecule has 3 aromatic rings. The van der Waals surface area contributed by atoms with Crippen molar-refractivity contribution in [2.45, 2.75) is 25.7 Å². The molecule has 0 N–H and O–H groups in total. The molecule has 0 saturated carbocycles. The van der Waals surface area contributed by atoms with Crippen molar-refractivity contribution in [3.05, 3.63) is 60.8 Å². The van der Waals surface area contributed by atoms with Gasteiger partial charge in [0, 0.05) is 23.2 Å². The summed E-state index contributed by atoms with van der Waals surface area (Å²) in [5.41, 5.74) is 5.17. The summed E-state index contributed by atoms with van der Waals surface area (Å²) in [6, 6.07) is 12.1. The van der Waals surface area contributed by atoms with Gasteiger partial charge in [-0.25, -0.2) is 4.98 Å². The molecule has 0 atom stereocenters. The lowest BCUT2D eigenvalue weighted by Crippen LogP contribution is -2.06. The van der Waals surface area contributed by atoms with Gasteiger partial charge in [-0.3, -0.25) is 4.98 Å². The maximum atomic E-state index is 5.57. The van der Waals surface area contributed by atoms with E-state index in [1.54, 1.807) is 14.2 Å². The van der Waals surface area contributed by atoms with E-state index in [9.17, 15) is 0 Å². The first-order valence-corrected chi connectivity index (χ1v) is 8.80. The molecule has 0 fully saturated rings. The maximum absolute atomic E-state index is 5.57. The number of fused-ring (bicyclic) bond motifs is 2. The summed E-state index contributed by atoms with van der Waals surface area (Å²) in [6.07, 6.45) is 4.67. The molecule has 4 heteroatoms. The zero-order chi connectivity index (χ0) is 18.5. The Morgan fingerprint density at radius 1 is 0.846 bits per heavy atom. The molecule has 0 bridgehead atoms. The van der Waals surface area contributed by atoms with E-state index in [-0.39, 0.29) is 0 Å². The fourth-order valence-corrected chi connectivity index (χ4v) is 3.33. The molecular formula is C22H24N2O2. The van der Waals surface area contributed by atoms with Crippen molar-refractivity contribution >= 4 is 10.9 Å². The molecule has 0 radical (unpaired) electrons. The SMILES string of the molecule is C=C.COc1ccc2c(OC)cc(-c3ccc4c(n3)CCCC4)nc2c1. The number of aromatic nitrogens is 2. The van der Waals surface area contributed by atoms with Crippen LogP contribution < -0.4 is 9.47 Å². The van der Waals surface area contributed by atoms with Gasteiger partial charge in [-0.15, -0.1) is 13.2 Å². The Kier molecular flexibility index (Phi) is 5.52. The zero-order valence-electron chi connectivity index (χ0n) is 15.4. The van der Waals surface area contributed by atoms with Gasteiger partial charge in [0.05, 0.1) is 31.1 Å². The first-order valence-electron chi connectivity index (χ1n) is 8.80. The highest BCUT2D eigenvalue weighted by molar-refractivity contribution is 5.88. The lowest BCUT2D eigenvalue weighted by molar-refractivity contribution is 0.414. The van der Waals surface area contributed by atoms with Crippen molar-refractivity contribution in [2.75, 3.05) is 14.2 Å². The molecule has 2 heterocycles. The fraction of sp³-hybridized carbons (Fsp3) is 0.273. The van der Waals surface area contributed by atoms with Crippen molar-refractivity contribution in [1.29, 1.82) is 0 Å². The molecule has 0 spiro atoms. The molecule has 2 aromatic heterocycles. The normalized spacial score (nSPS) is 12.7. The molecule has 0 aliphatic heterocycles. The van der Waals surface area contributed by atoms with E-state index in [1.165, 1.54) is 24.1 Å². The predicted octanol–water partition coefficient (Wildman–Crippen LogP) is 5.00. The van der Waals surface area contributed by atoms with Gasteiger partial charge in [0.1, 0.15) is 11.5 Å². The topological polar surface area (TPSA) is 44.2 Å². The number of ether oxygens (including phenoxy) is 2. The lowest BCUT2D eigenvalue weighted by atomic mass is 9.95. The van der Waals surface area contributed by atoms with Crippen LogP contribution in [0.4, 0.5) is 0 Å². The Bertz CT molecular complexity index is 921. The van der Waals surface area contributed by atoms with Gasteiger partial charge in [0.15, 0.2) is 0 Å². The summed E-state index contributed by atoms with van der Waals surface area (Å²) in [5, 5.41) is 0.972. The summed E-state index contributed by atoms with van der Waals surface area (Å²) in [7, 11) is 3.34. The third-order valence-electron chi connectivity index (χ3n) is 4.64. The molecule has 0 amide bonds. The Balaban J connectivity index is 0.000000948. The summed E-state index contributed by atoms with van der Waals surface area (Å²) < 4.78 is 10.9. The van der Waals surface area contributed by atoms with Crippen LogP contribution in [0, 0.1) is 0 Å². The van der Waals surface area contributed by atoms with Crippen LogP contribution in [-0.2, 0) is 12.8 Å². The molecule has 0 unspecified atom stereocenters. The van der Waals surface area contributed by atoms with Crippen LogP contribution in [0.3, 0.4) is 0 Å². The molecule has 26 heavy (non-hydrogen) atoms. The van der Waals surface area contributed by atoms with E-state index in [4.69, 9.17) is 19.4 Å². The van der Waals surface area contributed by atoms with Crippen LogP contribution in [-0.4, -0.2) is 24.2 Å². The van der Waals surface area contributed by atoms with Gasteiger partial charge >= 0.3 is 0 Å². The summed E-state index contributed by atoms with van der Waals surface area (Å²) in [4.78, 5) is 9.65. The van der Waals surface area contributed by atoms with Gasteiger partial charge in [0.25, 0.3) is 0 Å².